The summed E-state index contributed by atoms with van der Waals surface area (Å²) in [5.74, 6) is 0.442. The van der Waals surface area contributed by atoms with E-state index in [9.17, 15) is 0 Å². The summed E-state index contributed by atoms with van der Waals surface area (Å²) >= 11 is 0. The first kappa shape index (κ1) is 8.81. The second kappa shape index (κ2) is 3.18. The second-order valence-electron chi connectivity index (χ2n) is 3.43. The van der Waals surface area contributed by atoms with E-state index in [0.717, 1.165) is 11.1 Å². The Kier molecular flexibility index (Phi) is 2.00. The summed E-state index contributed by atoms with van der Waals surface area (Å²) in [6.07, 6.45) is 1.58. The minimum atomic E-state index is 0.442. The van der Waals surface area contributed by atoms with Crippen LogP contribution in [0.5, 0.6) is 0 Å². The molecule has 3 nitrogen and oxygen atoms in total. The summed E-state index contributed by atoms with van der Waals surface area (Å²) in [6, 6.07) is 6.20. The van der Waals surface area contributed by atoms with E-state index in [4.69, 9.17) is 10.3 Å². The molecule has 0 bridgehead atoms. The van der Waals surface area contributed by atoms with Crippen molar-refractivity contribution in [3.05, 3.63) is 35.6 Å². The molecule has 0 aliphatic carbocycles. The van der Waals surface area contributed by atoms with Gasteiger partial charge in [0.15, 0.2) is 5.82 Å². The predicted octanol–water partition coefficient (Wildman–Crippen LogP) is 2.54. The average molecular weight is 188 g/mol. The van der Waals surface area contributed by atoms with E-state index < -0.39 is 0 Å². The Hall–Kier alpha value is -1.77. The maximum Gasteiger partial charge on any atom is 0.174 e. The lowest BCUT2D eigenvalue weighted by Crippen LogP contribution is -1.89. The minimum Gasteiger partial charge on any atom is -0.380 e. The third-order valence-corrected chi connectivity index (χ3v) is 2.27. The van der Waals surface area contributed by atoms with Crippen LogP contribution in [-0.2, 0) is 0 Å². The first-order valence-corrected chi connectivity index (χ1v) is 4.46. The Morgan fingerprint density at radius 2 is 2.00 bits per heavy atom. The van der Waals surface area contributed by atoms with Crippen LogP contribution in [0.25, 0.3) is 11.1 Å². The highest BCUT2D eigenvalue weighted by atomic mass is 16.5. The van der Waals surface area contributed by atoms with Gasteiger partial charge in [-0.3, -0.25) is 0 Å². The minimum absolute atomic E-state index is 0.442. The van der Waals surface area contributed by atoms with Gasteiger partial charge in [0.1, 0.15) is 6.26 Å². The van der Waals surface area contributed by atoms with E-state index >= 15 is 0 Å². The van der Waals surface area contributed by atoms with Gasteiger partial charge in [-0.15, -0.1) is 0 Å². The van der Waals surface area contributed by atoms with Crippen LogP contribution in [0, 0.1) is 13.8 Å². The lowest BCUT2D eigenvalue weighted by molar-refractivity contribution is 0.423. The van der Waals surface area contributed by atoms with Gasteiger partial charge in [-0.25, -0.2) is 0 Å². The van der Waals surface area contributed by atoms with Gasteiger partial charge in [0, 0.05) is 0 Å². The maximum absolute atomic E-state index is 5.67. The Morgan fingerprint density at radius 3 is 2.57 bits per heavy atom. The van der Waals surface area contributed by atoms with Gasteiger partial charge in [-0.05, 0) is 25.0 Å². The van der Waals surface area contributed by atoms with E-state index in [0.29, 0.717) is 5.82 Å². The molecule has 1 aromatic carbocycles. The van der Waals surface area contributed by atoms with Crippen molar-refractivity contribution in [1.29, 1.82) is 0 Å². The van der Waals surface area contributed by atoms with Gasteiger partial charge in [0.05, 0.1) is 5.56 Å². The number of nitrogen functional groups attached to an aromatic ring is 1. The molecule has 72 valence electrons. The molecule has 0 fully saturated rings. The molecule has 0 saturated heterocycles. The lowest BCUT2D eigenvalue weighted by Gasteiger charge is -2.04. The van der Waals surface area contributed by atoms with Crippen LogP contribution < -0.4 is 5.73 Å². The van der Waals surface area contributed by atoms with Crippen LogP contribution in [0.2, 0.25) is 0 Å². The van der Waals surface area contributed by atoms with Gasteiger partial charge in [0.25, 0.3) is 0 Å². The fourth-order valence-electron chi connectivity index (χ4n) is 1.56. The van der Waals surface area contributed by atoms with Crippen LogP contribution in [0.1, 0.15) is 11.1 Å². The van der Waals surface area contributed by atoms with Crippen LogP contribution in [-0.4, -0.2) is 5.16 Å². The topological polar surface area (TPSA) is 52.0 Å². The van der Waals surface area contributed by atoms with Crippen molar-refractivity contribution in [2.45, 2.75) is 13.8 Å². The van der Waals surface area contributed by atoms with Crippen molar-refractivity contribution in [2.75, 3.05) is 5.73 Å². The zero-order chi connectivity index (χ0) is 10.1. The number of aromatic nitrogens is 1. The second-order valence-corrected chi connectivity index (χ2v) is 3.43. The van der Waals surface area contributed by atoms with Crippen LogP contribution >= 0.6 is 0 Å². The molecule has 3 heteroatoms. The van der Waals surface area contributed by atoms with Crippen LogP contribution in [0.15, 0.2) is 29.0 Å². The summed E-state index contributed by atoms with van der Waals surface area (Å²) in [5, 5.41) is 3.66. The summed E-state index contributed by atoms with van der Waals surface area (Å²) in [5.41, 5.74) is 10.0. The first-order valence-electron chi connectivity index (χ1n) is 4.46. The molecule has 1 aromatic heterocycles. The van der Waals surface area contributed by atoms with Crippen molar-refractivity contribution in [2.24, 2.45) is 0 Å². The third-order valence-electron chi connectivity index (χ3n) is 2.27. The van der Waals surface area contributed by atoms with Crippen LogP contribution in [0.4, 0.5) is 5.82 Å². The highest BCUT2D eigenvalue weighted by Gasteiger charge is 2.08. The Bertz CT molecular complexity index is 460. The van der Waals surface area contributed by atoms with Crippen molar-refractivity contribution in [1.82, 2.24) is 5.16 Å². The van der Waals surface area contributed by atoms with Crippen molar-refractivity contribution < 1.29 is 4.52 Å². The Balaban J connectivity index is 2.58. The highest BCUT2D eigenvalue weighted by Crippen LogP contribution is 2.28. The molecule has 0 unspecified atom stereocenters. The van der Waals surface area contributed by atoms with E-state index in [1.54, 1.807) is 6.26 Å². The van der Waals surface area contributed by atoms with Gasteiger partial charge >= 0.3 is 0 Å². The molecule has 2 aromatic rings. The van der Waals surface area contributed by atoms with E-state index in [-0.39, 0.29) is 0 Å². The average Bonchev–Trinajstić information content (AvgIpc) is 2.52. The molecular formula is C11H12N2O. The lowest BCUT2D eigenvalue weighted by atomic mass is 10.0. The molecule has 0 radical (unpaired) electrons. The number of benzene rings is 1. The molecule has 0 saturated carbocycles. The molecule has 0 spiro atoms. The molecule has 1 heterocycles. The summed E-state index contributed by atoms with van der Waals surface area (Å²) in [4.78, 5) is 0. The highest BCUT2D eigenvalue weighted by molar-refractivity contribution is 5.75. The third kappa shape index (κ3) is 1.37. The zero-order valence-corrected chi connectivity index (χ0v) is 8.24. The van der Waals surface area contributed by atoms with Gasteiger partial charge < -0.3 is 10.3 Å². The maximum atomic E-state index is 5.67. The fourth-order valence-corrected chi connectivity index (χ4v) is 1.56. The van der Waals surface area contributed by atoms with E-state index in [1.165, 1.54) is 11.1 Å². The van der Waals surface area contributed by atoms with Gasteiger partial charge in [-0.2, -0.15) is 0 Å². The summed E-state index contributed by atoms with van der Waals surface area (Å²) < 4.78 is 4.81. The largest absolute Gasteiger partial charge is 0.380 e. The van der Waals surface area contributed by atoms with E-state index in [2.05, 4.69) is 31.1 Å². The monoisotopic (exact) mass is 188 g/mol. The number of nitrogens with zero attached hydrogens (tertiary/aromatic N) is 1. The summed E-state index contributed by atoms with van der Waals surface area (Å²) in [7, 11) is 0. The molecule has 2 N–H and O–H groups in total. The van der Waals surface area contributed by atoms with Gasteiger partial charge in [0.2, 0.25) is 0 Å². The number of aryl methyl sites for hydroxylation is 2. The first-order chi connectivity index (χ1) is 6.68. The SMILES string of the molecule is Cc1ccc(-c2conc2N)c(C)c1. The smallest absolute Gasteiger partial charge is 0.174 e. The number of hydrogen-bond donors (Lipinski definition) is 1. The van der Waals surface area contributed by atoms with Gasteiger partial charge in [-0.1, -0.05) is 28.9 Å². The molecule has 0 aliphatic heterocycles. The molecule has 14 heavy (non-hydrogen) atoms. The predicted molar refractivity (Wildman–Crippen MR) is 55.8 cm³/mol. The molecule has 0 aliphatic rings. The number of hydrogen-bond acceptors (Lipinski definition) is 3. The molecule has 0 atom stereocenters. The molecule has 0 amide bonds. The Morgan fingerprint density at radius 1 is 1.21 bits per heavy atom. The zero-order valence-electron chi connectivity index (χ0n) is 8.24. The molecule has 2 rings (SSSR count). The quantitative estimate of drug-likeness (QED) is 0.748. The van der Waals surface area contributed by atoms with Crippen LogP contribution in [0.3, 0.4) is 0 Å². The standard InChI is InChI=1S/C11H12N2O/c1-7-3-4-9(8(2)5-7)10-6-14-13-11(10)12/h3-6H,1-2H3,(H2,12,13). The number of rotatable bonds is 1. The van der Waals surface area contributed by atoms with Crippen molar-refractivity contribution >= 4 is 5.82 Å². The van der Waals surface area contributed by atoms with Crippen molar-refractivity contribution in [3.63, 3.8) is 0 Å². The van der Waals surface area contributed by atoms with E-state index in [1.807, 2.05) is 6.07 Å². The number of nitrogens with two attached hydrogens (primary N) is 1. The normalized spacial score (nSPS) is 10.4. The number of anilines is 1. The Labute approximate surface area is 82.5 Å². The summed E-state index contributed by atoms with van der Waals surface area (Å²) in [6.45, 7) is 4.11. The van der Waals surface area contributed by atoms with Crippen molar-refractivity contribution in [3.8, 4) is 11.1 Å². The fraction of sp³-hybridized carbons (Fsp3) is 0.182. The molecular weight excluding hydrogens is 176 g/mol.